The molecule has 5 heteroatoms. The summed E-state index contributed by atoms with van der Waals surface area (Å²) < 4.78 is 12.9. The van der Waals surface area contributed by atoms with Crippen LogP contribution in [0, 0.1) is 5.82 Å². The molecular weight excluding hydrogens is 293 g/mol. The second kappa shape index (κ2) is 7.64. The minimum absolute atomic E-state index is 0.273. The molecule has 1 fully saturated rings. The van der Waals surface area contributed by atoms with E-state index in [-0.39, 0.29) is 5.82 Å². The zero-order valence-corrected chi connectivity index (χ0v) is 13.1. The first-order valence-electron chi connectivity index (χ1n) is 7.98. The first-order valence-corrected chi connectivity index (χ1v) is 7.98. The smallest absolute Gasteiger partial charge is 0.123 e. The SMILES string of the molecule is O[C@H](CN1CCN(Cc2ccncc2)CC1)c1ccc(F)cc1. The van der Waals surface area contributed by atoms with E-state index in [0.29, 0.717) is 6.54 Å². The molecule has 4 nitrogen and oxygen atoms in total. The highest BCUT2D eigenvalue weighted by Crippen LogP contribution is 2.16. The Hall–Kier alpha value is -1.82. The summed E-state index contributed by atoms with van der Waals surface area (Å²) in [5.74, 6) is -0.273. The fourth-order valence-corrected chi connectivity index (χ4v) is 2.91. The minimum Gasteiger partial charge on any atom is -0.387 e. The van der Waals surface area contributed by atoms with Gasteiger partial charge in [0, 0.05) is 51.7 Å². The van der Waals surface area contributed by atoms with Crippen LogP contribution in [0.1, 0.15) is 17.2 Å². The molecule has 1 aliphatic heterocycles. The van der Waals surface area contributed by atoms with Crippen molar-refractivity contribution in [1.82, 2.24) is 14.8 Å². The number of aliphatic hydroxyl groups excluding tert-OH is 1. The van der Waals surface area contributed by atoms with E-state index < -0.39 is 6.10 Å². The number of pyridine rings is 1. The standard InChI is InChI=1S/C18H22FN3O/c19-17-3-1-16(2-4-17)18(23)14-22-11-9-21(10-12-22)13-15-5-7-20-8-6-15/h1-8,18,23H,9-14H2/t18-/m1/s1. The Balaban J connectivity index is 1.46. The molecule has 0 bridgehead atoms. The molecule has 0 unspecified atom stereocenters. The molecule has 1 aliphatic rings. The fourth-order valence-electron chi connectivity index (χ4n) is 2.91. The van der Waals surface area contributed by atoms with Crippen LogP contribution >= 0.6 is 0 Å². The van der Waals surface area contributed by atoms with E-state index in [2.05, 4.69) is 14.8 Å². The van der Waals surface area contributed by atoms with Crippen LogP contribution in [0.4, 0.5) is 4.39 Å². The van der Waals surface area contributed by atoms with Crippen molar-refractivity contribution in [3.05, 3.63) is 65.7 Å². The molecule has 3 rings (SSSR count). The Bertz CT molecular complexity index is 597. The number of hydrogen-bond donors (Lipinski definition) is 1. The minimum atomic E-state index is -0.567. The lowest BCUT2D eigenvalue weighted by Crippen LogP contribution is -2.47. The fraction of sp³-hybridized carbons (Fsp3) is 0.389. The van der Waals surface area contributed by atoms with Crippen molar-refractivity contribution in [3.8, 4) is 0 Å². The summed E-state index contributed by atoms with van der Waals surface area (Å²) in [6.07, 6.45) is 3.08. The lowest BCUT2D eigenvalue weighted by molar-refractivity contribution is 0.0701. The lowest BCUT2D eigenvalue weighted by atomic mass is 10.1. The molecule has 1 saturated heterocycles. The molecule has 0 radical (unpaired) electrons. The van der Waals surface area contributed by atoms with Crippen LogP contribution in [0.2, 0.25) is 0 Å². The van der Waals surface area contributed by atoms with Gasteiger partial charge in [0.25, 0.3) is 0 Å². The van der Waals surface area contributed by atoms with Crippen molar-refractivity contribution >= 4 is 0 Å². The first-order chi connectivity index (χ1) is 11.2. The summed E-state index contributed by atoms with van der Waals surface area (Å²) in [5.41, 5.74) is 2.05. The van der Waals surface area contributed by atoms with E-state index in [9.17, 15) is 9.50 Å². The van der Waals surface area contributed by atoms with Crippen LogP contribution in [-0.4, -0.2) is 52.6 Å². The molecular formula is C18H22FN3O. The Morgan fingerprint density at radius 2 is 1.57 bits per heavy atom. The van der Waals surface area contributed by atoms with Gasteiger partial charge in [0.05, 0.1) is 6.10 Å². The van der Waals surface area contributed by atoms with Gasteiger partial charge < -0.3 is 5.11 Å². The first kappa shape index (κ1) is 16.1. The third-order valence-electron chi connectivity index (χ3n) is 4.31. The average Bonchev–Trinajstić information content (AvgIpc) is 2.58. The summed E-state index contributed by atoms with van der Waals surface area (Å²) in [6.45, 7) is 5.37. The molecule has 0 spiro atoms. The van der Waals surface area contributed by atoms with E-state index in [4.69, 9.17) is 0 Å². The van der Waals surface area contributed by atoms with Gasteiger partial charge >= 0.3 is 0 Å². The van der Waals surface area contributed by atoms with Gasteiger partial charge in [0.2, 0.25) is 0 Å². The van der Waals surface area contributed by atoms with Crippen molar-refractivity contribution in [3.63, 3.8) is 0 Å². The monoisotopic (exact) mass is 315 g/mol. The topological polar surface area (TPSA) is 39.6 Å². The Morgan fingerprint density at radius 3 is 2.22 bits per heavy atom. The van der Waals surface area contributed by atoms with Crippen molar-refractivity contribution in [2.75, 3.05) is 32.7 Å². The third kappa shape index (κ3) is 4.58. The van der Waals surface area contributed by atoms with Crippen LogP contribution in [0.3, 0.4) is 0 Å². The van der Waals surface area contributed by atoms with Gasteiger partial charge in [-0.3, -0.25) is 14.8 Å². The predicted molar refractivity (Wildman–Crippen MR) is 87.3 cm³/mol. The number of aliphatic hydroxyl groups is 1. The lowest BCUT2D eigenvalue weighted by Gasteiger charge is -2.35. The number of hydrogen-bond acceptors (Lipinski definition) is 4. The van der Waals surface area contributed by atoms with E-state index in [1.807, 2.05) is 24.5 Å². The molecule has 1 aromatic carbocycles. The summed E-state index contributed by atoms with van der Waals surface area (Å²) in [5, 5.41) is 10.3. The van der Waals surface area contributed by atoms with E-state index in [0.717, 1.165) is 38.3 Å². The van der Waals surface area contributed by atoms with Gasteiger partial charge in [-0.2, -0.15) is 0 Å². The number of halogens is 1. The quantitative estimate of drug-likeness (QED) is 0.917. The molecule has 2 aromatic rings. The Labute approximate surface area is 136 Å². The molecule has 122 valence electrons. The van der Waals surface area contributed by atoms with Gasteiger partial charge in [-0.05, 0) is 35.4 Å². The second-order valence-electron chi connectivity index (χ2n) is 6.00. The largest absolute Gasteiger partial charge is 0.387 e. The summed E-state index contributed by atoms with van der Waals surface area (Å²) in [7, 11) is 0. The number of nitrogens with zero attached hydrogens (tertiary/aromatic N) is 3. The van der Waals surface area contributed by atoms with Crippen molar-refractivity contribution in [2.45, 2.75) is 12.6 Å². The van der Waals surface area contributed by atoms with Crippen LogP contribution in [0.15, 0.2) is 48.8 Å². The number of rotatable bonds is 5. The molecule has 0 aliphatic carbocycles. The van der Waals surface area contributed by atoms with E-state index >= 15 is 0 Å². The molecule has 0 saturated carbocycles. The number of piperazine rings is 1. The normalized spacial score (nSPS) is 18.0. The molecule has 1 atom stereocenters. The molecule has 1 aromatic heterocycles. The van der Waals surface area contributed by atoms with Gasteiger partial charge in [0.15, 0.2) is 0 Å². The number of β-amino-alcohol motifs (C(OH)–C–C–N with tert-alkyl or cyclic N) is 1. The third-order valence-corrected chi connectivity index (χ3v) is 4.31. The maximum Gasteiger partial charge on any atom is 0.123 e. The zero-order valence-electron chi connectivity index (χ0n) is 13.1. The molecule has 1 N–H and O–H groups in total. The van der Waals surface area contributed by atoms with Crippen LogP contribution in [0.5, 0.6) is 0 Å². The summed E-state index contributed by atoms with van der Waals surface area (Å²) in [4.78, 5) is 8.71. The van der Waals surface area contributed by atoms with E-state index in [1.165, 1.54) is 17.7 Å². The molecule has 2 heterocycles. The average molecular weight is 315 g/mol. The maximum absolute atomic E-state index is 12.9. The highest BCUT2D eigenvalue weighted by Gasteiger charge is 2.20. The molecule has 0 amide bonds. The second-order valence-corrected chi connectivity index (χ2v) is 6.00. The van der Waals surface area contributed by atoms with Gasteiger partial charge in [-0.25, -0.2) is 4.39 Å². The van der Waals surface area contributed by atoms with Crippen LogP contribution in [0.25, 0.3) is 0 Å². The Morgan fingerprint density at radius 1 is 0.957 bits per heavy atom. The van der Waals surface area contributed by atoms with Crippen LogP contribution in [-0.2, 0) is 6.54 Å². The molecule has 23 heavy (non-hydrogen) atoms. The Kier molecular flexibility index (Phi) is 5.33. The number of aromatic nitrogens is 1. The summed E-state index contributed by atoms with van der Waals surface area (Å²) in [6, 6.07) is 10.2. The van der Waals surface area contributed by atoms with Crippen molar-refractivity contribution < 1.29 is 9.50 Å². The van der Waals surface area contributed by atoms with Gasteiger partial charge in [0.1, 0.15) is 5.82 Å². The van der Waals surface area contributed by atoms with Crippen molar-refractivity contribution in [2.24, 2.45) is 0 Å². The highest BCUT2D eigenvalue weighted by molar-refractivity contribution is 5.18. The van der Waals surface area contributed by atoms with Gasteiger partial charge in [-0.15, -0.1) is 0 Å². The zero-order chi connectivity index (χ0) is 16.1. The van der Waals surface area contributed by atoms with E-state index in [1.54, 1.807) is 12.1 Å². The van der Waals surface area contributed by atoms with Gasteiger partial charge in [-0.1, -0.05) is 12.1 Å². The predicted octanol–water partition coefficient (Wildman–Crippen LogP) is 2.07. The summed E-state index contributed by atoms with van der Waals surface area (Å²) >= 11 is 0. The number of benzene rings is 1. The van der Waals surface area contributed by atoms with Crippen LogP contribution < -0.4 is 0 Å². The maximum atomic E-state index is 12.9. The van der Waals surface area contributed by atoms with Crippen molar-refractivity contribution in [1.29, 1.82) is 0 Å². The highest BCUT2D eigenvalue weighted by atomic mass is 19.1.